The molecule has 0 radical (unpaired) electrons. The van der Waals surface area contributed by atoms with Gasteiger partial charge in [0, 0.05) is 22.3 Å². The minimum Gasteiger partial charge on any atom is -0.354 e. The summed E-state index contributed by atoms with van der Waals surface area (Å²) in [6.07, 6.45) is 1.42. The zero-order chi connectivity index (χ0) is 20.6. The first-order valence-electron chi connectivity index (χ1n) is 9.08. The monoisotopic (exact) mass is 422 g/mol. The van der Waals surface area contributed by atoms with E-state index in [1.165, 1.54) is 6.20 Å². The molecule has 146 valence electrons. The van der Waals surface area contributed by atoms with E-state index in [2.05, 4.69) is 10.3 Å². The van der Waals surface area contributed by atoms with Crippen LogP contribution in [0.1, 0.15) is 11.1 Å². The van der Waals surface area contributed by atoms with E-state index in [9.17, 15) is 8.42 Å². The smallest absolute Gasteiger partial charge is 0.210 e. The van der Waals surface area contributed by atoms with Crippen LogP contribution in [0.25, 0.3) is 10.9 Å². The van der Waals surface area contributed by atoms with Crippen LogP contribution in [0.15, 0.2) is 82.7 Å². The number of nitrogens with one attached hydrogen (secondary N) is 1. The van der Waals surface area contributed by atoms with Crippen LogP contribution >= 0.6 is 11.6 Å². The SMILES string of the molecule is Cc1ccc(S(=O)(=O)c2cnc3ccc(C)cc3c2Nc2ccc(Cl)cc2)cc1. The minimum atomic E-state index is -3.77. The van der Waals surface area contributed by atoms with Gasteiger partial charge in [0.15, 0.2) is 0 Å². The molecule has 0 aliphatic heterocycles. The van der Waals surface area contributed by atoms with Crippen molar-refractivity contribution in [1.29, 1.82) is 0 Å². The van der Waals surface area contributed by atoms with Gasteiger partial charge in [0.25, 0.3) is 0 Å². The van der Waals surface area contributed by atoms with Crippen molar-refractivity contribution in [2.24, 2.45) is 0 Å². The maximum atomic E-state index is 13.4. The lowest BCUT2D eigenvalue weighted by molar-refractivity contribution is 0.596. The van der Waals surface area contributed by atoms with Crippen molar-refractivity contribution in [2.45, 2.75) is 23.6 Å². The van der Waals surface area contributed by atoms with E-state index in [-0.39, 0.29) is 9.79 Å². The third-order valence-corrected chi connectivity index (χ3v) is 6.76. The quantitative estimate of drug-likeness (QED) is 0.432. The average Bonchev–Trinajstić information content (AvgIpc) is 2.70. The molecule has 0 aliphatic carbocycles. The molecule has 0 amide bonds. The molecule has 0 saturated heterocycles. The fourth-order valence-electron chi connectivity index (χ4n) is 3.14. The van der Waals surface area contributed by atoms with Crippen LogP contribution in [0.4, 0.5) is 11.4 Å². The highest BCUT2D eigenvalue weighted by Crippen LogP contribution is 2.35. The van der Waals surface area contributed by atoms with E-state index in [1.807, 2.05) is 44.2 Å². The van der Waals surface area contributed by atoms with Crippen molar-refractivity contribution in [1.82, 2.24) is 4.98 Å². The molecule has 4 nitrogen and oxygen atoms in total. The zero-order valence-electron chi connectivity index (χ0n) is 16.0. The Balaban J connectivity index is 1.95. The maximum absolute atomic E-state index is 13.4. The summed E-state index contributed by atoms with van der Waals surface area (Å²) in [5.74, 6) is 0. The second-order valence-corrected chi connectivity index (χ2v) is 9.32. The van der Waals surface area contributed by atoms with Crippen molar-refractivity contribution in [3.8, 4) is 0 Å². The lowest BCUT2D eigenvalue weighted by Gasteiger charge is -2.16. The summed E-state index contributed by atoms with van der Waals surface area (Å²) in [4.78, 5) is 4.77. The number of hydrogen-bond donors (Lipinski definition) is 1. The van der Waals surface area contributed by atoms with Gasteiger partial charge in [-0.15, -0.1) is 0 Å². The second-order valence-electron chi connectivity index (χ2n) is 6.97. The van der Waals surface area contributed by atoms with Crippen molar-refractivity contribution < 1.29 is 8.42 Å². The summed E-state index contributed by atoms with van der Waals surface area (Å²) in [6, 6.07) is 19.7. The predicted molar refractivity (Wildman–Crippen MR) is 118 cm³/mol. The summed E-state index contributed by atoms with van der Waals surface area (Å²) in [5.41, 5.74) is 3.97. The Kier molecular flexibility index (Phi) is 5.03. The molecule has 4 aromatic rings. The van der Waals surface area contributed by atoms with Gasteiger partial charge in [-0.1, -0.05) is 40.9 Å². The Morgan fingerprint density at radius 1 is 0.862 bits per heavy atom. The summed E-state index contributed by atoms with van der Waals surface area (Å²) in [6.45, 7) is 3.89. The largest absolute Gasteiger partial charge is 0.354 e. The highest BCUT2D eigenvalue weighted by molar-refractivity contribution is 7.91. The third kappa shape index (κ3) is 3.84. The normalized spacial score (nSPS) is 11.6. The van der Waals surface area contributed by atoms with Crippen LogP contribution in [0, 0.1) is 13.8 Å². The number of sulfone groups is 1. The van der Waals surface area contributed by atoms with E-state index in [1.54, 1.807) is 36.4 Å². The van der Waals surface area contributed by atoms with Crippen molar-refractivity contribution in [3.63, 3.8) is 0 Å². The van der Waals surface area contributed by atoms with E-state index in [0.29, 0.717) is 10.7 Å². The zero-order valence-corrected chi connectivity index (χ0v) is 17.6. The van der Waals surface area contributed by atoms with Gasteiger partial charge in [-0.3, -0.25) is 4.98 Å². The third-order valence-electron chi connectivity index (χ3n) is 4.72. The average molecular weight is 423 g/mol. The van der Waals surface area contributed by atoms with Gasteiger partial charge in [0.05, 0.1) is 16.1 Å². The molecule has 0 aliphatic rings. The Bertz CT molecular complexity index is 1300. The molecule has 3 aromatic carbocycles. The van der Waals surface area contributed by atoms with Crippen LogP contribution < -0.4 is 5.32 Å². The van der Waals surface area contributed by atoms with Gasteiger partial charge in [0.2, 0.25) is 9.84 Å². The molecular weight excluding hydrogens is 404 g/mol. The van der Waals surface area contributed by atoms with Gasteiger partial charge < -0.3 is 5.32 Å². The number of halogens is 1. The van der Waals surface area contributed by atoms with Crippen LogP contribution in [0.5, 0.6) is 0 Å². The number of fused-ring (bicyclic) bond motifs is 1. The molecule has 29 heavy (non-hydrogen) atoms. The predicted octanol–water partition coefficient (Wildman–Crippen LogP) is 6.08. The lowest BCUT2D eigenvalue weighted by atomic mass is 10.1. The molecule has 0 atom stereocenters. The molecule has 0 spiro atoms. The van der Waals surface area contributed by atoms with Gasteiger partial charge in [-0.05, 0) is 62.4 Å². The molecule has 0 bridgehead atoms. The molecular formula is C23H19ClN2O2S. The Morgan fingerprint density at radius 3 is 2.21 bits per heavy atom. The standard InChI is InChI=1S/C23H19ClN2O2S/c1-15-3-10-19(11-4-15)29(27,28)22-14-25-21-12-5-16(2)13-20(21)23(22)26-18-8-6-17(24)7-9-18/h3-14H,1-2H3,(H,25,26). The Hall–Kier alpha value is -2.89. The Labute approximate surface area is 175 Å². The summed E-state index contributed by atoms with van der Waals surface area (Å²) in [5, 5.41) is 4.63. The van der Waals surface area contributed by atoms with E-state index in [0.717, 1.165) is 27.7 Å². The molecule has 1 N–H and O–H groups in total. The molecule has 1 aromatic heterocycles. The fraction of sp³-hybridized carbons (Fsp3) is 0.0870. The number of hydrogen-bond acceptors (Lipinski definition) is 4. The van der Waals surface area contributed by atoms with Gasteiger partial charge in [-0.25, -0.2) is 8.42 Å². The molecule has 0 unspecified atom stereocenters. The van der Waals surface area contributed by atoms with Crippen molar-refractivity contribution in [3.05, 3.63) is 89.1 Å². The van der Waals surface area contributed by atoms with Crippen LogP contribution in [0.3, 0.4) is 0 Å². The number of rotatable bonds is 4. The van der Waals surface area contributed by atoms with Crippen molar-refractivity contribution in [2.75, 3.05) is 5.32 Å². The highest BCUT2D eigenvalue weighted by Gasteiger charge is 2.24. The number of benzene rings is 3. The van der Waals surface area contributed by atoms with Crippen LogP contribution in [0.2, 0.25) is 5.02 Å². The van der Waals surface area contributed by atoms with Gasteiger partial charge in [0.1, 0.15) is 4.90 Å². The number of aromatic nitrogens is 1. The molecule has 0 fully saturated rings. The van der Waals surface area contributed by atoms with Crippen LogP contribution in [-0.2, 0) is 9.84 Å². The summed E-state index contributed by atoms with van der Waals surface area (Å²) in [7, 11) is -3.77. The van der Waals surface area contributed by atoms with Crippen LogP contribution in [-0.4, -0.2) is 13.4 Å². The van der Waals surface area contributed by atoms with E-state index >= 15 is 0 Å². The van der Waals surface area contributed by atoms with E-state index in [4.69, 9.17) is 11.6 Å². The number of aryl methyl sites for hydroxylation is 2. The second kappa shape index (κ2) is 7.50. The molecule has 1 heterocycles. The maximum Gasteiger partial charge on any atom is 0.210 e. The molecule has 0 saturated carbocycles. The number of anilines is 2. The van der Waals surface area contributed by atoms with E-state index < -0.39 is 9.84 Å². The first-order chi connectivity index (χ1) is 13.8. The fourth-order valence-corrected chi connectivity index (χ4v) is 4.64. The van der Waals surface area contributed by atoms with Gasteiger partial charge in [-0.2, -0.15) is 0 Å². The minimum absolute atomic E-state index is 0.134. The highest BCUT2D eigenvalue weighted by atomic mass is 35.5. The number of pyridine rings is 1. The molecule has 4 rings (SSSR count). The summed E-state index contributed by atoms with van der Waals surface area (Å²) < 4.78 is 26.9. The first kappa shape index (κ1) is 19.4. The topological polar surface area (TPSA) is 59.1 Å². The Morgan fingerprint density at radius 2 is 1.52 bits per heavy atom. The molecule has 6 heteroatoms. The van der Waals surface area contributed by atoms with Gasteiger partial charge >= 0.3 is 0 Å². The first-order valence-corrected chi connectivity index (χ1v) is 10.9. The van der Waals surface area contributed by atoms with Crippen molar-refractivity contribution >= 4 is 43.7 Å². The lowest BCUT2D eigenvalue weighted by Crippen LogP contribution is -2.07. The number of nitrogens with zero attached hydrogens (tertiary/aromatic N) is 1. The summed E-state index contributed by atoms with van der Waals surface area (Å²) >= 11 is 5.99.